The van der Waals surface area contributed by atoms with E-state index in [1.54, 1.807) is 19.1 Å². The standard InChI is InChI=1S/C21H28O4/c1-13-11-12-17(20(22)23)19(18(13)21(24)25)16-10-6-5-9-15(16)14-7-3-2-4-8-14/h11-12,14-16H,2-10H2,1H3,(H,22,23)(H,24,25). The van der Waals surface area contributed by atoms with Crippen molar-refractivity contribution in [3.8, 4) is 0 Å². The summed E-state index contributed by atoms with van der Waals surface area (Å²) in [6.45, 7) is 1.77. The zero-order chi connectivity index (χ0) is 18.0. The van der Waals surface area contributed by atoms with Crippen molar-refractivity contribution in [1.82, 2.24) is 0 Å². The Morgan fingerprint density at radius 2 is 1.52 bits per heavy atom. The average molecular weight is 344 g/mol. The highest BCUT2D eigenvalue weighted by atomic mass is 16.4. The highest BCUT2D eigenvalue weighted by Gasteiger charge is 2.37. The summed E-state index contributed by atoms with van der Waals surface area (Å²) in [6, 6.07) is 3.24. The fourth-order valence-corrected chi connectivity index (χ4v) is 5.23. The largest absolute Gasteiger partial charge is 0.478 e. The van der Waals surface area contributed by atoms with Crippen LogP contribution in [-0.4, -0.2) is 22.2 Å². The van der Waals surface area contributed by atoms with E-state index < -0.39 is 11.9 Å². The predicted molar refractivity (Wildman–Crippen MR) is 96.4 cm³/mol. The van der Waals surface area contributed by atoms with Crippen molar-refractivity contribution < 1.29 is 19.8 Å². The van der Waals surface area contributed by atoms with Gasteiger partial charge in [-0.2, -0.15) is 0 Å². The van der Waals surface area contributed by atoms with Crippen LogP contribution in [0.4, 0.5) is 0 Å². The smallest absolute Gasteiger partial charge is 0.336 e. The zero-order valence-corrected chi connectivity index (χ0v) is 15.0. The second kappa shape index (κ2) is 7.59. The van der Waals surface area contributed by atoms with E-state index in [1.165, 1.54) is 38.5 Å². The second-order valence-electron chi connectivity index (χ2n) is 7.78. The lowest BCUT2D eigenvalue weighted by molar-refractivity contribution is 0.0689. The van der Waals surface area contributed by atoms with Crippen LogP contribution in [0.25, 0.3) is 0 Å². The minimum atomic E-state index is -1.01. The molecule has 0 spiro atoms. The van der Waals surface area contributed by atoms with E-state index in [2.05, 4.69) is 0 Å². The number of carboxylic acids is 2. The zero-order valence-electron chi connectivity index (χ0n) is 15.0. The number of carboxylic acid groups (broad SMARTS) is 2. The molecule has 25 heavy (non-hydrogen) atoms. The van der Waals surface area contributed by atoms with Gasteiger partial charge in [0.25, 0.3) is 0 Å². The van der Waals surface area contributed by atoms with Gasteiger partial charge in [-0.15, -0.1) is 0 Å². The van der Waals surface area contributed by atoms with Crippen molar-refractivity contribution in [3.05, 3.63) is 34.4 Å². The monoisotopic (exact) mass is 344 g/mol. The van der Waals surface area contributed by atoms with Crippen LogP contribution in [0.2, 0.25) is 0 Å². The van der Waals surface area contributed by atoms with E-state index in [9.17, 15) is 19.8 Å². The molecular weight excluding hydrogens is 316 g/mol. The molecule has 0 heterocycles. The minimum absolute atomic E-state index is 0.0638. The van der Waals surface area contributed by atoms with E-state index in [-0.39, 0.29) is 17.0 Å². The highest BCUT2D eigenvalue weighted by Crippen LogP contribution is 2.48. The van der Waals surface area contributed by atoms with Gasteiger partial charge in [0.2, 0.25) is 0 Å². The Hall–Kier alpha value is -1.84. The van der Waals surface area contributed by atoms with Gasteiger partial charge in [0, 0.05) is 0 Å². The Bertz CT molecular complexity index is 658. The number of hydrogen-bond acceptors (Lipinski definition) is 2. The molecule has 136 valence electrons. The third-order valence-corrected chi connectivity index (χ3v) is 6.34. The first kappa shape index (κ1) is 18.0. The molecule has 1 aromatic rings. The molecular formula is C21H28O4. The molecule has 2 fully saturated rings. The Kier molecular flexibility index (Phi) is 5.45. The summed E-state index contributed by atoms with van der Waals surface area (Å²) in [7, 11) is 0. The summed E-state index contributed by atoms with van der Waals surface area (Å²) in [6.07, 6.45) is 10.4. The van der Waals surface area contributed by atoms with E-state index >= 15 is 0 Å². The SMILES string of the molecule is Cc1ccc(C(=O)O)c(C2CCCCC2C2CCCCC2)c1C(=O)O. The summed E-state index contributed by atoms with van der Waals surface area (Å²) in [4.78, 5) is 23.8. The highest BCUT2D eigenvalue weighted by molar-refractivity contribution is 5.98. The Morgan fingerprint density at radius 3 is 2.16 bits per heavy atom. The first-order chi connectivity index (χ1) is 12.0. The summed E-state index contributed by atoms with van der Waals surface area (Å²) in [5, 5.41) is 19.5. The van der Waals surface area contributed by atoms with Crippen LogP contribution in [0.5, 0.6) is 0 Å². The lowest BCUT2D eigenvalue weighted by atomic mass is 9.64. The maximum atomic E-state index is 12.0. The Labute approximate surface area is 149 Å². The molecule has 0 amide bonds. The van der Waals surface area contributed by atoms with E-state index in [0.29, 0.717) is 23.0 Å². The molecule has 2 N–H and O–H groups in total. The Balaban J connectivity index is 2.09. The number of aryl methyl sites for hydroxylation is 1. The van der Waals surface area contributed by atoms with Gasteiger partial charge in [-0.25, -0.2) is 9.59 Å². The molecule has 4 heteroatoms. The van der Waals surface area contributed by atoms with E-state index in [1.807, 2.05) is 0 Å². The van der Waals surface area contributed by atoms with E-state index in [4.69, 9.17) is 0 Å². The number of rotatable bonds is 4. The predicted octanol–water partition coefficient (Wildman–Crippen LogP) is 5.25. The molecule has 0 bridgehead atoms. The molecule has 0 radical (unpaired) electrons. The third kappa shape index (κ3) is 3.58. The lowest BCUT2D eigenvalue weighted by Crippen LogP contribution is -2.30. The second-order valence-corrected chi connectivity index (χ2v) is 7.78. The van der Waals surface area contributed by atoms with Crippen molar-refractivity contribution in [2.45, 2.75) is 70.6 Å². The van der Waals surface area contributed by atoms with Crippen molar-refractivity contribution in [3.63, 3.8) is 0 Å². The van der Waals surface area contributed by atoms with Crippen LogP contribution in [0.3, 0.4) is 0 Å². The number of hydrogen-bond donors (Lipinski definition) is 2. The Morgan fingerprint density at radius 1 is 0.880 bits per heavy atom. The number of benzene rings is 1. The molecule has 2 aliphatic carbocycles. The van der Waals surface area contributed by atoms with Gasteiger partial charge in [0.1, 0.15) is 0 Å². The van der Waals surface area contributed by atoms with Gasteiger partial charge in [-0.05, 0) is 54.7 Å². The van der Waals surface area contributed by atoms with Crippen LogP contribution in [-0.2, 0) is 0 Å². The molecule has 0 saturated heterocycles. The fraction of sp³-hybridized carbons (Fsp3) is 0.619. The number of aromatic carboxylic acids is 2. The van der Waals surface area contributed by atoms with Gasteiger partial charge < -0.3 is 10.2 Å². The van der Waals surface area contributed by atoms with Gasteiger partial charge in [0.05, 0.1) is 11.1 Å². The van der Waals surface area contributed by atoms with Crippen molar-refractivity contribution in [1.29, 1.82) is 0 Å². The summed E-state index contributed by atoms with van der Waals surface area (Å²) < 4.78 is 0. The molecule has 2 saturated carbocycles. The summed E-state index contributed by atoms with van der Waals surface area (Å²) >= 11 is 0. The maximum absolute atomic E-state index is 12.0. The van der Waals surface area contributed by atoms with Crippen LogP contribution in [0.15, 0.2) is 12.1 Å². The quantitative estimate of drug-likeness (QED) is 0.782. The maximum Gasteiger partial charge on any atom is 0.336 e. The normalized spacial score (nSPS) is 24.8. The van der Waals surface area contributed by atoms with E-state index in [0.717, 1.165) is 19.3 Å². The molecule has 3 rings (SSSR count). The number of carbonyl (C=O) groups is 2. The molecule has 4 nitrogen and oxygen atoms in total. The molecule has 2 atom stereocenters. The molecule has 2 unspecified atom stereocenters. The molecule has 0 aliphatic heterocycles. The minimum Gasteiger partial charge on any atom is -0.478 e. The van der Waals surface area contributed by atoms with Gasteiger partial charge in [-0.3, -0.25) is 0 Å². The average Bonchev–Trinajstić information content (AvgIpc) is 2.61. The third-order valence-electron chi connectivity index (χ3n) is 6.34. The van der Waals surface area contributed by atoms with Gasteiger partial charge in [-0.1, -0.05) is 51.0 Å². The first-order valence-corrected chi connectivity index (χ1v) is 9.60. The van der Waals surface area contributed by atoms with Crippen molar-refractivity contribution in [2.75, 3.05) is 0 Å². The van der Waals surface area contributed by atoms with Crippen LogP contribution < -0.4 is 0 Å². The topological polar surface area (TPSA) is 74.6 Å². The van der Waals surface area contributed by atoms with Gasteiger partial charge >= 0.3 is 11.9 Å². The first-order valence-electron chi connectivity index (χ1n) is 9.60. The summed E-state index contributed by atoms with van der Waals surface area (Å²) in [5.74, 6) is -0.905. The van der Waals surface area contributed by atoms with Crippen LogP contribution in [0.1, 0.15) is 95.5 Å². The summed E-state index contributed by atoms with van der Waals surface area (Å²) in [5.41, 5.74) is 1.68. The molecule has 0 aromatic heterocycles. The fourth-order valence-electron chi connectivity index (χ4n) is 5.23. The molecule has 2 aliphatic rings. The van der Waals surface area contributed by atoms with Crippen LogP contribution >= 0.6 is 0 Å². The lowest BCUT2D eigenvalue weighted by Gasteiger charge is -2.40. The van der Waals surface area contributed by atoms with Crippen LogP contribution in [0, 0.1) is 18.8 Å². The van der Waals surface area contributed by atoms with Gasteiger partial charge in [0.15, 0.2) is 0 Å². The van der Waals surface area contributed by atoms with Crippen molar-refractivity contribution in [2.24, 2.45) is 11.8 Å². The molecule has 1 aromatic carbocycles. The van der Waals surface area contributed by atoms with Crippen molar-refractivity contribution >= 4 is 11.9 Å².